The largest absolute Gasteiger partial charge is 0.380 e. The fraction of sp³-hybridized carbons (Fsp3) is 0.545. The zero-order chi connectivity index (χ0) is 10.2. The summed E-state index contributed by atoms with van der Waals surface area (Å²) in [6.07, 6.45) is 0. The molecule has 1 aromatic heterocycles. The van der Waals surface area contributed by atoms with E-state index in [1.807, 2.05) is 32.0 Å². The number of rotatable bonds is 6. The molecule has 0 aliphatic carbocycles. The first-order valence-corrected chi connectivity index (χ1v) is 5.04. The number of hydrogen-bond acceptors (Lipinski definition) is 3. The van der Waals surface area contributed by atoms with Crippen LogP contribution in [0.25, 0.3) is 0 Å². The van der Waals surface area contributed by atoms with Gasteiger partial charge < -0.3 is 10.1 Å². The molecule has 0 fully saturated rings. The van der Waals surface area contributed by atoms with E-state index in [0.29, 0.717) is 0 Å². The van der Waals surface area contributed by atoms with Crippen molar-refractivity contribution >= 4 is 0 Å². The summed E-state index contributed by atoms with van der Waals surface area (Å²) in [4.78, 5) is 4.39. The van der Waals surface area contributed by atoms with Gasteiger partial charge in [0.25, 0.3) is 0 Å². The van der Waals surface area contributed by atoms with E-state index in [0.717, 1.165) is 37.7 Å². The Morgan fingerprint density at radius 2 is 2.29 bits per heavy atom. The van der Waals surface area contributed by atoms with Gasteiger partial charge in [0.2, 0.25) is 0 Å². The molecule has 3 heteroatoms. The van der Waals surface area contributed by atoms with Crippen molar-refractivity contribution < 1.29 is 4.74 Å². The minimum absolute atomic E-state index is 0.766. The molecule has 0 radical (unpaired) electrons. The topological polar surface area (TPSA) is 34.1 Å². The Labute approximate surface area is 85.5 Å². The molecule has 0 bridgehead atoms. The van der Waals surface area contributed by atoms with Crippen LogP contribution in [0.4, 0.5) is 0 Å². The molecule has 1 rings (SSSR count). The monoisotopic (exact) mass is 194 g/mol. The maximum Gasteiger partial charge on any atom is 0.0590 e. The molecule has 0 unspecified atom stereocenters. The van der Waals surface area contributed by atoms with Crippen molar-refractivity contribution in [2.45, 2.75) is 20.4 Å². The molecule has 0 aromatic carbocycles. The third-order valence-corrected chi connectivity index (χ3v) is 1.88. The normalized spacial score (nSPS) is 10.4. The van der Waals surface area contributed by atoms with E-state index in [4.69, 9.17) is 4.74 Å². The Hall–Kier alpha value is -0.930. The highest BCUT2D eigenvalue weighted by Crippen LogP contribution is 1.96. The predicted octanol–water partition coefficient (Wildman–Crippen LogP) is 1.52. The van der Waals surface area contributed by atoms with Crippen LogP contribution in [0, 0.1) is 6.92 Å². The van der Waals surface area contributed by atoms with E-state index < -0.39 is 0 Å². The van der Waals surface area contributed by atoms with Gasteiger partial charge in [-0.3, -0.25) is 4.98 Å². The molecule has 78 valence electrons. The molecule has 0 saturated heterocycles. The fourth-order valence-electron chi connectivity index (χ4n) is 1.20. The molecule has 0 amide bonds. The minimum Gasteiger partial charge on any atom is -0.380 e. The van der Waals surface area contributed by atoms with Gasteiger partial charge in [-0.1, -0.05) is 6.07 Å². The number of pyridine rings is 1. The summed E-state index contributed by atoms with van der Waals surface area (Å²) in [6, 6.07) is 6.06. The summed E-state index contributed by atoms with van der Waals surface area (Å²) in [6.45, 7) is 7.25. The standard InChI is InChI=1S/C11H18N2O/c1-3-14-8-7-12-9-11-6-4-5-10(2)13-11/h4-6,12H,3,7-9H2,1-2H3. The van der Waals surface area contributed by atoms with Crippen LogP contribution in [-0.4, -0.2) is 24.7 Å². The SMILES string of the molecule is CCOCCNCc1cccc(C)n1. The summed E-state index contributed by atoms with van der Waals surface area (Å²) in [7, 11) is 0. The fourth-order valence-corrected chi connectivity index (χ4v) is 1.20. The highest BCUT2D eigenvalue weighted by atomic mass is 16.5. The Morgan fingerprint density at radius 3 is 3.00 bits per heavy atom. The Morgan fingerprint density at radius 1 is 1.43 bits per heavy atom. The van der Waals surface area contributed by atoms with E-state index in [2.05, 4.69) is 10.3 Å². The summed E-state index contributed by atoms with van der Waals surface area (Å²) in [5.74, 6) is 0. The first-order chi connectivity index (χ1) is 6.83. The highest BCUT2D eigenvalue weighted by Gasteiger charge is 1.93. The molecule has 0 aliphatic rings. The van der Waals surface area contributed by atoms with Gasteiger partial charge in [0.15, 0.2) is 0 Å². The molecule has 14 heavy (non-hydrogen) atoms. The lowest BCUT2D eigenvalue weighted by Crippen LogP contribution is -2.19. The molecular formula is C11H18N2O. The van der Waals surface area contributed by atoms with Crippen LogP contribution in [-0.2, 0) is 11.3 Å². The van der Waals surface area contributed by atoms with Crippen molar-refractivity contribution in [3.05, 3.63) is 29.6 Å². The summed E-state index contributed by atoms with van der Waals surface area (Å²) in [5, 5.41) is 3.28. The summed E-state index contributed by atoms with van der Waals surface area (Å²) < 4.78 is 5.21. The van der Waals surface area contributed by atoms with Crippen molar-refractivity contribution in [2.75, 3.05) is 19.8 Å². The zero-order valence-electron chi connectivity index (χ0n) is 8.92. The zero-order valence-corrected chi connectivity index (χ0v) is 8.92. The Balaban J connectivity index is 2.18. The highest BCUT2D eigenvalue weighted by molar-refractivity contribution is 5.09. The van der Waals surface area contributed by atoms with E-state index in [1.54, 1.807) is 0 Å². The average Bonchev–Trinajstić information content (AvgIpc) is 2.18. The van der Waals surface area contributed by atoms with Crippen molar-refractivity contribution in [3.8, 4) is 0 Å². The number of nitrogens with one attached hydrogen (secondary N) is 1. The molecule has 3 nitrogen and oxygen atoms in total. The van der Waals surface area contributed by atoms with Crippen molar-refractivity contribution in [1.82, 2.24) is 10.3 Å². The van der Waals surface area contributed by atoms with E-state index in [1.165, 1.54) is 0 Å². The van der Waals surface area contributed by atoms with Crippen molar-refractivity contribution in [3.63, 3.8) is 0 Å². The second-order valence-corrected chi connectivity index (χ2v) is 3.14. The van der Waals surface area contributed by atoms with E-state index >= 15 is 0 Å². The van der Waals surface area contributed by atoms with Gasteiger partial charge in [0.05, 0.1) is 12.3 Å². The number of nitrogens with zero attached hydrogens (tertiary/aromatic N) is 1. The van der Waals surface area contributed by atoms with Crippen LogP contribution in [0.2, 0.25) is 0 Å². The van der Waals surface area contributed by atoms with Gasteiger partial charge in [-0.05, 0) is 26.0 Å². The van der Waals surface area contributed by atoms with Crippen LogP contribution in [0.15, 0.2) is 18.2 Å². The maximum atomic E-state index is 5.21. The van der Waals surface area contributed by atoms with Gasteiger partial charge in [0, 0.05) is 25.4 Å². The van der Waals surface area contributed by atoms with Crippen molar-refractivity contribution in [2.24, 2.45) is 0 Å². The number of hydrogen-bond donors (Lipinski definition) is 1. The number of ether oxygens (including phenoxy) is 1. The smallest absolute Gasteiger partial charge is 0.0590 e. The van der Waals surface area contributed by atoms with Gasteiger partial charge in [-0.15, -0.1) is 0 Å². The minimum atomic E-state index is 0.766. The van der Waals surface area contributed by atoms with E-state index in [-0.39, 0.29) is 0 Å². The number of aromatic nitrogens is 1. The maximum absolute atomic E-state index is 5.21. The van der Waals surface area contributed by atoms with Gasteiger partial charge in [-0.2, -0.15) is 0 Å². The molecule has 0 atom stereocenters. The molecule has 0 saturated carbocycles. The lowest BCUT2D eigenvalue weighted by Gasteiger charge is -2.04. The van der Waals surface area contributed by atoms with Gasteiger partial charge in [-0.25, -0.2) is 0 Å². The first kappa shape index (κ1) is 11.1. The quantitative estimate of drug-likeness (QED) is 0.697. The Kier molecular flexibility index (Phi) is 5.19. The molecule has 1 heterocycles. The summed E-state index contributed by atoms with van der Waals surface area (Å²) >= 11 is 0. The van der Waals surface area contributed by atoms with Crippen LogP contribution < -0.4 is 5.32 Å². The van der Waals surface area contributed by atoms with Crippen LogP contribution in [0.1, 0.15) is 18.3 Å². The van der Waals surface area contributed by atoms with Crippen LogP contribution >= 0.6 is 0 Å². The second kappa shape index (κ2) is 6.51. The summed E-state index contributed by atoms with van der Waals surface area (Å²) in [5.41, 5.74) is 2.15. The Bertz CT molecular complexity index is 263. The first-order valence-electron chi connectivity index (χ1n) is 5.04. The molecule has 1 N–H and O–H groups in total. The number of aryl methyl sites for hydroxylation is 1. The van der Waals surface area contributed by atoms with Gasteiger partial charge in [0.1, 0.15) is 0 Å². The third kappa shape index (κ3) is 4.35. The molecule has 0 aliphatic heterocycles. The molecular weight excluding hydrogens is 176 g/mol. The third-order valence-electron chi connectivity index (χ3n) is 1.88. The average molecular weight is 194 g/mol. The van der Waals surface area contributed by atoms with Crippen LogP contribution in [0.3, 0.4) is 0 Å². The van der Waals surface area contributed by atoms with Crippen molar-refractivity contribution in [1.29, 1.82) is 0 Å². The lowest BCUT2D eigenvalue weighted by atomic mass is 10.3. The molecule has 1 aromatic rings. The predicted molar refractivity (Wildman–Crippen MR) is 57.2 cm³/mol. The lowest BCUT2D eigenvalue weighted by molar-refractivity contribution is 0.149. The van der Waals surface area contributed by atoms with E-state index in [9.17, 15) is 0 Å². The van der Waals surface area contributed by atoms with Crippen LogP contribution in [0.5, 0.6) is 0 Å². The molecule has 0 spiro atoms. The van der Waals surface area contributed by atoms with Gasteiger partial charge >= 0.3 is 0 Å². The second-order valence-electron chi connectivity index (χ2n) is 3.14.